The fourth-order valence-electron chi connectivity index (χ4n) is 3.04. The number of piperazine rings is 1. The summed E-state index contributed by atoms with van der Waals surface area (Å²) in [7, 11) is 0. The van der Waals surface area contributed by atoms with Gasteiger partial charge in [0.2, 0.25) is 5.91 Å². The molecule has 3 rings (SSSR count). The molecular formula is C17H24FN5O3. The van der Waals surface area contributed by atoms with Crippen molar-refractivity contribution >= 4 is 23.4 Å². The molecule has 2 heterocycles. The lowest BCUT2D eigenvalue weighted by Gasteiger charge is -2.30. The van der Waals surface area contributed by atoms with Crippen molar-refractivity contribution < 1.29 is 18.7 Å². The fourth-order valence-corrected chi connectivity index (χ4v) is 3.04. The first-order valence-corrected chi connectivity index (χ1v) is 8.72. The summed E-state index contributed by atoms with van der Waals surface area (Å²) < 4.78 is 19.8. The molecule has 2 atom stereocenters. The van der Waals surface area contributed by atoms with E-state index in [9.17, 15) is 14.0 Å². The maximum Gasteiger partial charge on any atom is 0.414 e. The molecule has 8 nitrogen and oxygen atoms in total. The number of carbonyl (C=O) groups excluding carboxylic acids is 2. The van der Waals surface area contributed by atoms with Crippen LogP contribution >= 0.6 is 0 Å². The van der Waals surface area contributed by atoms with Gasteiger partial charge in [-0.15, -0.1) is 0 Å². The molecule has 0 radical (unpaired) electrons. The van der Waals surface area contributed by atoms with E-state index in [2.05, 4.69) is 10.6 Å². The summed E-state index contributed by atoms with van der Waals surface area (Å²) in [4.78, 5) is 26.9. The van der Waals surface area contributed by atoms with E-state index in [0.29, 0.717) is 11.4 Å². The largest absolute Gasteiger partial charge is 0.442 e. The van der Waals surface area contributed by atoms with Gasteiger partial charge in [-0.3, -0.25) is 9.69 Å². The van der Waals surface area contributed by atoms with Gasteiger partial charge in [-0.25, -0.2) is 9.18 Å². The molecule has 2 amide bonds. The van der Waals surface area contributed by atoms with Crippen LogP contribution in [0.3, 0.4) is 0 Å². The van der Waals surface area contributed by atoms with Crippen molar-refractivity contribution in [3.8, 4) is 0 Å². The van der Waals surface area contributed by atoms with Crippen LogP contribution in [0.15, 0.2) is 18.2 Å². The van der Waals surface area contributed by atoms with E-state index in [1.807, 2.05) is 4.90 Å². The quantitative estimate of drug-likeness (QED) is 0.681. The minimum atomic E-state index is -0.630. The normalized spacial score (nSPS) is 21.5. The monoisotopic (exact) mass is 365 g/mol. The molecule has 2 aliphatic heterocycles. The molecule has 1 aromatic carbocycles. The number of hydrogen-bond acceptors (Lipinski definition) is 6. The van der Waals surface area contributed by atoms with E-state index in [0.717, 1.165) is 26.2 Å². The number of nitrogens with one attached hydrogen (secondary N) is 2. The predicted octanol–water partition coefficient (Wildman–Crippen LogP) is 0.0239. The van der Waals surface area contributed by atoms with Crippen molar-refractivity contribution in [1.29, 1.82) is 0 Å². The Kier molecular flexibility index (Phi) is 5.58. The van der Waals surface area contributed by atoms with E-state index in [-0.39, 0.29) is 24.8 Å². The Hall–Kier alpha value is -2.39. The summed E-state index contributed by atoms with van der Waals surface area (Å²) in [6, 6.07) is 4.12. The topological polar surface area (TPSA) is 99.9 Å². The van der Waals surface area contributed by atoms with Gasteiger partial charge in [-0.05, 0) is 25.1 Å². The molecule has 0 saturated carbocycles. The number of hydrogen-bond donors (Lipinski definition) is 3. The number of anilines is 2. The zero-order chi connectivity index (χ0) is 18.7. The molecule has 2 aliphatic rings. The number of benzene rings is 1. The van der Waals surface area contributed by atoms with Crippen LogP contribution in [-0.2, 0) is 9.53 Å². The first-order valence-electron chi connectivity index (χ1n) is 8.72. The highest BCUT2D eigenvalue weighted by Crippen LogP contribution is 2.28. The summed E-state index contributed by atoms with van der Waals surface area (Å²) in [6.07, 6.45) is -1.06. The Bertz CT molecular complexity index is 678. The zero-order valence-corrected chi connectivity index (χ0v) is 14.7. The van der Waals surface area contributed by atoms with Crippen LogP contribution in [0.2, 0.25) is 0 Å². The Morgan fingerprint density at radius 3 is 2.85 bits per heavy atom. The van der Waals surface area contributed by atoms with Crippen molar-refractivity contribution in [3.63, 3.8) is 0 Å². The van der Waals surface area contributed by atoms with Gasteiger partial charge in [0.05, 0.1) is 30.5 Å². The highest BCUT2D eigenvalue weighted by atomic mass is 19.1. The molecule has 0 aromatic heterocycles. The molecule has 0 spiro atoms. The number of halogens is 1. The van der Waals surface area contributed by atoms with Crippen molar-refractivity contribution in [1.82, 2.24) is 10.6 Å². The van der Waals surface area contributed by atoms with Gasteiger partial charge in [-0.2, -0.15) is 0 Å². The first-order chi connectivity index (χ1) is 12.5. The van der Waals surface area contributed by atoms with Crippen molar-refractivity contribution in [2.45, 2.75) is 19.1 Å². The fraction of sp³-hybridized carbons (Fsp3) is 0.529. The Balaban J connectivity index is 1.64. The van der Waals surface area contributed by atoms with Crippen LogP contribution in [0, 0.1) is 5.82 Å². The van der Waals surface area contributed by atoms with Crippen LogP contribution < -0.4 is 26.2 Å². The van der Waals surface area contributed by atoms with Gasteiger partial charge in [0.1, 0.15) is 11.9 Å². The molecule has 0 bridgehead atoms. The van der Waals surface area contributed by atoms with E-state index in [1.54, 1.807) is 19.1 Å². The Morgan fingerprint density at radius 2 is 2.19 bits per heavy atom. The van der Waals surface area contributed by atoms with Crippen LogP contribution in [0.25, 0.3) is 0 Å². The first kappa shape index (κ1) is 18.4. The lowest BCUT2D eigenvalue weighted by atomic mass is 10.2. The molecule has 0 aliphatic carbocycles. The summed E-state index contributed by atoms with van der Waals surface area (Å²) in [5.41, 5.74) is 6.45. The average Bonchev–Trinajstić information content (AvgIpc) is 3.01. The van der Waals surface area contributed by atoms with Crippen LogP contribution in [0.1, 0.15) is 6.92 Å². The highest BCUT2D eigenvalue weighted by Gasteiger charge is 2.33. The zero-order valence-electron chi connectivity index (χ0n) is 14.7. The van der Waals surface area contributed by atoms with E-state index >= 15 is 0 Å². The van der Waals surface area contributed by atoms with Crippen molar-refractivity contribution in [2.24, 2.45) is 5.73 Å². The number of nitrogens with zero attached hydrogens (tertiary/aromatic N) is 2. The average molecular weight is 365 g/mol. The number of ether oxygens (including phenoxy) is 1. The number of carbonyl (C=O) groups is 2. The van der Waals surface area contributed by atoms with Gasteiger partial charge in [0.15, 0.2) is 0 Å². The summed E-state index contributed by atoms with van der Waals surface area (Å²) in [5.74, 6) is -0.683. The number of cyclic esters (lactones) is 1. The van der Waals surface area contributed by atoms with Gasteiger partial charge < -0.3 is 26.0 Å². The molecule has 26 heavy (non-hydrogen) atoms. The van der Waals surface area contributed by atoms with Gasteiger partial charge in [0, 0.05) is 26.2 Å². The molecule has 1 unspecified atom stereocenters. The smallest absolute Gasteiger partial charge is 0.414 e. The molecule has 2 fully saturated rings. The lowest BCUT2D eigenvalue weighted by Crippen LogP contribution is -2.43. The van der Waals surface area contributed by atoms with E-state index in [4.69, 9.17) is 10.5 Å². The van der Waals surface area contributed by atoms with Gasteiger partial charge in [0.25, 0.3) is 0 Å². The molecule has 2 saturated heterocycles. The van der Waals surface area contributed by atoms with Crippen LogP contribution in [-0.4, -0.2) is 63.4 Å². The third-order valence-electron chi connectivity index (χ3n) is 4.49. The summed E-state index contributed by atoms with van der Waals surface area (Å²) >= 11 is 0. The highest BCUT2D eigenvalue weighted by molar-refractivity contribution is 5.90. The second-order valence-electron chi connectivity index (χ2n) is 6.52. The number of nitrogens with two attached hydrogens (primary N) is 1. The number of amides is 2. The Morgan fingerprint density at radius 1 is 1.46 bits per heavy atom. The minimum absolute atomic E-state index is 0.171. The van der Waals surface area contributed by atoms with E-state index < -0.39 is 18.2 Å². The molecular weight excluding hydrogens is 341 g/mol. The minimum Gasteiger partial charge on any atom is -0.442 e. The molecule has 9 heteroatoms. The summed E-state index contributed by atoms with van der Waals surface area (Å²) in [6.45, 7) is 5.09. The van der Waals surface area contributed by atoms with E-state index in [1.165, 1.54) is 11.0 Å². The second kappa shape index (κ2) is 7.88. The van der Waals surface area contributed by atoms with Crippen molar-refractivity contribution in [2.75, 3.05) is 49.1 Å². The van der Waals surface area contributed by atoms with Gasteiger partial charge >= 0.3 is 6.09 Å². The molecule has 1 aromatic rings. The lowest BCUT2D eigenvalue weighted by molar-refractivity contribution is -0.122. The SMILES string of the molecule is C[C@H](N)C(=O)NCC1CN(c2ccc(N3CCNCC3)c(F)c2)C(=O)O1. The maximum atomic E-state index is 14.5. The number of rotatable bonds is 5. The van der Waals surface area contributed by atoms with Gasteiger partial charge in [-0.1, -0.05) is 0 Å². The molecule has 142 valence electrons. The van der Waals surface area contributed by atoms with Crippen LogP contribution in [0.4, 0.5) is 20.6 Å². The van der Waals surface area contributed by atoms with Crippen molar-refractivity contribution in [3.05, 3.63) is 24.0 Å². The predicted molar refractivity (Wildman–Crippen MR) is 95.8 cm³/mol. The molecule has 4 N–H and O–H groups in total. The second-order valence-corrected chi connectivity index (χ2v) is 6.52. The van der Waals surface area contributed by atoms with Crippen LogP contribution in [0.5, 0.6) is 0 Å². The summed E-state index contributed by atoms with van der Waals surface area (Å²) in [5, 5.41) is 5.85. The third-order valence-corrected chi connectivity index (χ3v) is 4.49. The Labute approximate surface area is 151 Å². The third kappa shape index (κ3) is 4.05. The maximum absolute atomic E-state index is 14.5. The standard InChI is InChI=1S/C17H24FN5O3/c1-11(19)16(24)21-9-13-10-23(17(25)26-13)12-2-3-15(14(18)8-12)22-6-4-20-5-7-22/h2-3,8,11,13,20H,4-7,9-10,19H2,1H3,(H,21,24)/t11-,13?/m0/s1.